The number of ether oxygens (including phenoxy) is 1. The Kier molecular flexibility index (Phi) is 6.73. The highest BCUT2D eigenvalue weighted by Gasteiger charge is 2.35. The summed E-state index contributed by atoms with van der Waals surface area (Å²) < 4.78 is 83.0. The van der Waals surface area contributed by atoms with E-state index in [1.807, 2.05) is 9.80 Å². The fraction of sp³-hybridized carbons (Fsp3) is 0.348. The molecule has 0 radical (unpaired) electrons. The van der Waals surface area contributed by atoms with E-state index in [0.717, 1.165) is 24.5 Å². The summed E-state index contributed by atoms with van der Waals surface area (Å²) in [6.07, 6.45) is -2.49. The molecule has 186 valence electrons. The van der Waals surface area contributed by atoms with E-state index in [1.165, 1.54) is 19.2 Å². The first-order valence-electron chi connectivity index (χ1n) is 10.7. The van der Waals surface area contributed by atoms with Gasteiger partial charge >= 0.3 is 12.4 Å². The minimum absolute atomic E-state index is 0.128. The van der Waals surface area contributed by atoms with Crippen LogP contribution in [0.2, 0.25) is 0 Å². The van der Waals surface area contributed by atoms with Gasteiger partial charge in [0, 0.05) is 37.1 Å². The minimum atomic E-state index is -4.61. The molecule has 0 amide bonds. The molecule has 1 saturated heterocycles. The van der Waals surface area contributed by atoms with Gasteiger partial charge in [-0.1, -0.05) is 0 Å². The highest BCUT2D eigenvalue weighted by Crippen LogP contribution is 2.39. The summed E-state index contributed by atoms with van der Waals surface area (Å²) in [6, 6.07) is 6.41. The lowest BCUT2D eigenvalue weighted by Gasteiger charge is -2.40. The third-order valence-corrected chi connectivity index (χ3v) is 5.80. The number of methoxy groups -OCH3 is 1. The van der Waals surface area contributed by atoms with Gasteiger partial charge in [-0.25, -0.2) is 9.97 Å². The van der Waals surface area contributed by atoms with E-state index < -0.39 is 23.7 Å². The fourth-order valence-corrected chi connectivity index (χ4v) is 4.10. The van der Waals surface area contributed by atoms with Crippen molar-refractivity contribution in [2.45, 2.75) is 31.2 Å². The highest BCUT2D eigenvalue weighted by atomic mass is 19.4. The Morgan fingerprint density at radius 3 is 2.06 bits per heavy atom. The van der Waals surface area contributed by atoms with Crippen LogP contribution in [0.1, 0.15) is 24.2 Å². The van der Waals surface area contributed by atoms with Gasteiger partial charge in [0.1, 0.15) is 11.4 Å². The zero-order valence-electron chi connectivity index (χ0n) is 18.5. The maximum Gasteiger partial charge on any atom is 0.451 e. The summed E-state index contributed by atoms with van der Waals surface area (Å²) in [5, 5.41) is 0. The first kappa shape index (κ1) is 24.6. The molecule has 0 N–H and O–H groups in total. The van der Waals surface area contributed by atoms with E-state index in [1.54, 1.807) is 18.5 Å². The van der Waals surface area contributed by atoms with Gasteiger partial charge in [-0.3, -0.25) is 4.98 Å². The molecular weight excluding hydrogens is 476 g/mol. The Balaban J connectivity index is 1.58. The van der Waals surface area contributed by atoms with Gasteiger partial charge in [0.05, 0.1) is 37.0 Å². The van der Waals surface area contributed by atoms with Gasteiger partial charge in [0.25, 0.3) is 0 Å². The normalized spacial score (nSPS) is 15.2. The molecule has 12 heteroatoms. The lowest BCUT2D eigenvalue weighted by molar-refractivity contribution is -0.145. The van der Waals surface area contributed by atoms with Crippen LogP contribution in [0.3, 0.4) is 0 Å². The maximum absolute atomic E-state index is 13.1. The Morgan fingerprint density at radius 2 is 1.51 bits per heavy atom. The van der Waals surface area contributed by atoms with Crippen molar-refractivity contribution in [2.24, 2.45) is 0 Å². The zero-order chi connectivity index (χ0) is 25.2. The monoisotopic (exact) mass is 497 g/mol. The summed E-state index contributed by atoms with van der Waals surface area (Å²) in [4.78, 5) is 14.8. The van der Waals surface area contributed by atoms with Crippen LogP contribution in [0.25, 0.3) is 0 Å². The Morgan fingerprint density at radius 1 is 0.886 bits per heavy atom. The molecule has 6 nitrogen and oxygen atoms in total. The molecule has 1 aliphatic heterocycles. The second-order valence-electron chi connectivity index (χ2n) is 7.94. The van der Waals surface area contributed by atoms with Crippen LogP contribution >= 0.6 is 0 Å². The molecule has 3 aromatic rings. The molecule has 1 fully saturated rings. The summed E-state index contributed by atoms with van der Waals surface area (Å²) in [5.41, 5.74) is 0.861. The second-order valence-corrected chi connectivity index (χ2v) is 7.94. The van der Waals surface area contributed by atoms with Crippen molar-refractivity contribution in [1.82, 2.24) is 15.0 Å². The smallest absolute Gasteiger partial charge is 0.451 e. The van der Waals surface area contributed by atoms with E-state index in [-0.39, 0.29) is 6.04 Å². The summed E-state index contributed by atoms with van der Waals surface area (Å²) >= 11 is 0. The number of pyridine rings is 1. The largest absolute Gasteiger partial charge is 0.494 e. The van der Waals surface area contributed by atoms with E-state index >= 15 is 0 Å². The predicted octanol–water partition coefficient (Wildman–Crippen LogP) is 5.72. The number of hydrogen-bond donors (Lipinski definition) is 0. The van der Waals surface area contributed by atoms with Crippen molar-refractivity contribution in [3.8, 4) is 5.75 Å². The number of piperidine rings is 1. The number of nitrogens with zero attached hydrogens (tertiary/aromatic N) is 5. The Hall–Kier alpha value is -3.57. The second kappa shape index (κ2) is 9.59. The number of halogens is 6. The molecule has 2 aromatic heterocycles. The van der Waals surface area contributed by atoms with E-state index in [4.69, 9.17) is 4.74 Å². The van der Waals surface area contributed by atoms with Crippen LogP contribution in [0.15, 0.2) is 55.1 Å². The average molecular weight is 497 g/mol. The molecule has 0 unspecified atom stereocenters. The van der Waals surface area contributed by atoms with Gasteiger partial charge in [-0.05, 0) is 37.1 Å². The van der Waals surface area contributed by atoms with E-state index in [0.29, 0.717) is 48.7 Å². The first-order valence-corrected chi connectivity index (χ1v) is 10.7. The topological polar surface area (TPSA) is 54.4 Å². The quantitative estimate of drug-likeness (QED) is 0.420. The van der Waals surface area contributed by atoms with Crippen LogP contribution in [-0.2, 0) is 12.4 Å². The highest BCUT2D eigenvalue weighted by molar-refractivity contribution is 5.69. The molecule has 0 aliphatic carbocycles. The van der Waals surface area contributed by atoms with Gasteiger partial charge in [0.15, 0.2) is 0 Å². The van der Waals surface area contributed by atoms with Crippen molar-refractivity contribution in [2.75, 3.05) is 30.0 Å². The average Bonchev–Trinajstić information content (AvgIpc) is 2.84. The van der Waals surface area contributed by atoms with E-state index in [2.05, 4.69) is 15.0 Å². The fourth-order valence-electron chi connectivity index (χ4n) is 4.10. The lowest BCUT2D eigenvalue weighted by atomic mass is 10.0. The first-order chi connectivity index (χ1) is 16.6. The van der Waals surface area contributed by atoms with Crippen LogP contribution in [0.4, 0.5) is 43.4 Å². The molecule has 0 atom stereocenters. The van der Waals surface area contributed by atoms with Gasteiger partial charge in [0.2, 0.25) is 5.82 Å². The molecule has 1 aromatic carbocycles. The van der Waals surface area contributed by atoms with Crippen molar-refractivity contribution >= 4 is 17.1 Å². The number of anilines is 3. The Bertz CT molecular complexity index is 1130. The molecule has 3 heterocycles. The Labute approximate surface area is 197 Å². The third kappa shape index (κ3) is 5.41. The van der Waals surface area contributed by atoms with Crippen LogP contribution in [0, 0.1) is 0 Å². The zero-order valence-corrected chi connectivity index (χ0v) is 18.5. The molecular formula is C23H21F6N5O. The maximum atomic E-state index is 13.1. The molecule has 0 spiro atoms. The molecule has 4 rings (SSSR count). The summed E-state index contributed by atoms with van der Waals surface area (Å²) in [6.45, 7) is 0.970. The SMILES string of the molecule is COc1ccncc1N(c1ccc(C(F)(F)F)cc1)C1CCN(c2cnc(C(F)(F)F)nc2)CC1. The van der Waals surface area contributed by atoms with Crippen molar-refractivity contribution in [3.05, 3.63) is 66.5 Å². The van der Waals surface area contributed by atoms with Crippen LogP contribution < -0.4 is 14.5 Å². The number of hydrogen-bond acceptors (Lipinski definition) is 6. The van der Waals surface area contributed by atoms with Crippen molar-refractivity contribution in [1.29, 1.82) is 0 Å². The van der Waals surface area contributed by atoms with Gasteiger partial charge < -0.3 is 14.5 Å². The van der Waals surface area contributed by atoms with Gasteiger partial charge in [-0.2, -0.15) is 26.3 Å². The third-order valence-electron chi connectivity index (χ3n) is 5.80. The van der Waals surface area contributed by atoms with Gasteiger partial charge in [-0.15, -0.1) is 0 Å². The number of alkyl halides is 6. The molecule has 1 aliphatic rings. The lowest BCUT2D eigenvalue weighted by Crippen LogP contribution is -2.43. The minimum Gasteiger partial charge on any atom is -0.494 e. The number of benzene rings is 1. The molecule has 0 saturated carbocycles. The summed E-state index contributed by atoms with van der Waals surface area (Å²) in [5.74, 6) is -0.688. The predicted molar refractivity (Wildman–Crippen MR) is 117 cm³/mol. The van der Waals surface area contributed by atoms with Crippen molar-refractivity contribution in [3.63, 3.8) is 0 Å². The van der Waals surface area contributed by atoms with Crippen LogP contribution in [0.5, 0.6) is 5.75 Å². The number of aromatic nitrogens is 3. The molecule has 0 bridgehead atoms. The van der Waals surface area contributed by atoms with Crippen LogP contribution in [-0.4, -0.2) is 41.2 Å². The molecule has 35 heavy (non-hydrogen) atoms. The van der Waals surface area contributed by atoms with Crippen molar-refractivity contribution < 1.29 is 31.1 Å². The standard InChI is InChI=1S/C23H21F6N5O/c1-35-20-6-9-30-14-19(20)34(16-4-2-15(3-5-16)22(24,25)26)17-7-10-33(11-8-17)18-12-31-21(32-13-18)23(27,28)29/h2-6,9,12-14,17H,7-8,10-11H2,1H3. The number of rotatable bonds is 5. The van der Waals surface area contributed by atoms with E-state index in [9.17, 15) is 26.3 Å². The summed E-state index contributed by atoms with van der Waals surface area (Å²) in [7, 11) is 1.50.